The van der Waals surface area contributed by atoms with Gasteiger partial charge in [-0.15, -0.1) is 0 Å². The molecule has 4 aromatic rings. The SMILES string of the molecule is N#Cc1cncc(COc2cc(NCc3cccc(-c4ccccc4)c3C(F)(F)F)ccc2C=O)c1. The van der Waals surface area contributed by atoms with E-state index in [2.05, 4.69) is 10.3 Å². The van der Waals surface area contributed by atoms with Gasteiger partial charge in [-0.1, -0.05) is 48.5 Å². The molecule has 180 valence electrons. The largest absolute Gasteiger partial charge is 0.488 e. The average molecular weight is 487 g/mol. The van der Waals surface area contributed by atoms with Crippen LogP contribution >= 0.6 is 0 Å². The summed E-state index contributed by atoms with van der Waals surface area (Å²) in [7, 11) is 0. The molecular weight excluding hydrogens is 467 g/mol. The molecule has 0 atom stereocenters. The molecule has 0 bridgehead atoms. The fraction of sp³-hybridized carbons (Fsp3) is 0.107. The van der Waals surface area contributed by atoms with E-state index in [1.54, 1.807) is 60.8 Å². The van der Waals surface area contributed by atoms with Crippen molar-refractivity contribution >= 4 is 12.0 Å². The van der Waals surface area contributed by atoms with Crippen molar-refractivity contribution in [2.45, 2.75) is 19.3 Å². The molecule has 0 saturated carbocycles. The van der Waals surface area contributed by atoms with Crippen LogP contribution in [0.2, 0.25) is 0 Å². The number of hydrogen-bond donors (Lipinski definition) is 1. The van der Waals surface area contributed by atoms with Gasteiger partial charge < -0.3 is 10.1 Å². The van der Waals surface area contributed by atoms with Crippen LogP contribution in [-0.2, 0) is 19.3 Å². The molecule has 0 aliphatic carbocycles. The highest BCUT2D eigenvalue weighted by Gasteiger charge is 2.36. The van der Waals surface area contributed by atoms with Gasteiger partial charge in [-0.25, -0.2) is 0 Å². The summed E-state index contributed by atoms with van der Waals surface area (Å²) in [6.07, 6.45) is -0.950. The van der Waals surface area contributed by atoms with Crippen LogP contribution in [0, 0.1) is 11.3 Å². The van der Waals surface area contributed by atoms with E-state index in [1.807, 2.05) is 6.07 Å². The second-order valence-electron chi connectivity index (χ2n) is 7.91. The lowest BCUT2D eigenvalue weighted by molar-refractivity contribution is -0.137. The van der Waals surface area contributed by atoms with Gasteiger partial charge in [-0.2, -0.15) is 18.4 Å². The zero-order valence-corrected chi connectivity index (χ0v) is 18.9. The Labute approximate surface area is 205 Å². The molecule has 0 fully saturated rings. The van der Waals surface area contributed by atoms with Gasteiger partial charge in [0.05, 0.1) is 16.7 Å². The van der Waals surface area contributed by atoms with Crippen LogP contribution in [0.25, 0.3) is 11.1 Å². The molecule has 0 aliphatic rings. The van der Waals surface area contributed by atoms with Crippen molar-refractivity contribution in [2.24, 2.45) is 0 Å². The number of alkyl halides is 3. The lowest BCUT2D eigenvalue weighted by Gasteiger charge is -2.19. The lowest BCUT2D eigenvalue weighted by atomic mass is 9.95. The zero-order valence-electron chi connectivity index (χ0n) is 18.9. The average Bonchev–Trinajstić information content (AvgIpc) is 2.90. The third-order valence-electron chi connectivity index (χ3n) is 5.46. The number of carbonyl (C=O) groups excluding carboxylic acids is 1. The number of nitrogens with one attached hydrogen (secondary N) is 1. The molecule has 4 rings (SSSR count). The molecule has 0 radical (unpaired) electrons. The summed E-state index contributed by atoms with van der Waals surface area (Å²) in [5.74, 6) is 0.256. The minimum absolute atomic E-state index is 0.0597. The number of ether oxygens (including phenoxy) is 1. The second-order valence-corrected chi connectivity index (χ2v) is 7.91. The van der Waals surface area contributed by atoms with Crippen LogP contribution < -0.4 is 10.1 Å². The summed E-state index contributed by atoms with van der Waals surface area (Å²) in [6, 6.07) is 21.2. The molecule has 0 aliphatic heterocycles. The van der Waals surface area contributed by atoms with Crippen molar-refractivity contribution in [1.82, 2.24) is 4.98 Å². The number of hydrogen-bond acceptors (Lipinski definition) is 5. The minimum Gasteiger partial charge on any atom is -0.488 e. The number of nitriles is 1. The van der Waals surface area contributed by atoms with Gasteiger partial charge >= 0.3 is 6.18 Å². The Morgan fingerprint density at radius 1 is 1.00 bits per heavy atom. The number of pyridine rings is 1. The van der Waals surface area contributed by atoms with Crippen LogP contribution in [0.3, 0.4) is 0 Å². The van der Waals surface area contributed by atoms with E-state index >= 15 is 0 Å². The first-order valence-electron chi connectivity index (χ1n) is 10.9. The van der Waals surface area contributed by atoms with Crippen molar-refractivity contribution in [2.75, 3.05) is 5.32 Å². The molecule has 1 aromatic heterocycles. The summed E-state index contributed by atoms with van der Waals surface area (Å²) >= 11 is 0. The molecule has 3 aromatic carbocycles. The van der Waals surface area contributed by atoms with Gasteiger partial charge in [-0.3, -0.25) is 9.78 Å². The Bertz CT molecular complexity index is 1410. The number of halogens is 3. The Hall–Kier alpha value is -4.64. The maximum atomic E-state index is 14.1. The highest BCUT2D eigenvalue weighted by molar-refractivity contribution is 5.80. The van der Waals surface area contributed by atoms with Crippen molar-refractivity contribution in [3.8, 4) is 22.9 Å². The molecule has 8 heteroatoms. The van der Waals surface area contributed by atoms with Crippen molar-refractivity contribution in [3.05, 3.63) is 113 Å². The highest BCUT2D eigenvalue weighted by Crippen LogP contribution is 2.39. The lowest BCUT2D eigenvalue weighted by Crippen LogP contribution is -2.14. The van der Waals surface area contributed by atoms with Crippen LogP contribution in [0.5, 0.6) is 5.75 Å². The summed E-state index contributed by atoms with van der Waals surface area (Å²) in [5.41, 5.74) is 1.75. The predicted molar refractivity (Wildman–Crippen MR) is 129 cm³/mol. The Morgan fingerprint density at radius 2 is 1.81 bits per heavy atom. The summed E-state index contributed by atoms with van der Waals surface area (Å²) in [6.45, 7) is -0.0340. The Balaban J connectivity index is 1.57. The molecule has 0 spiro atoms. The van der Waals surface area contributed by atoms with Crippen molar-refractivity contribution in [1.29, 1.82) is 5.26 Å². The maximum absolute atomic E-state index is 14.1. The first kappa shape index (κ1) is 24.5. The van der Waals surface area contributed by atoms with E-state index in [-0.39, 0.29) is 35.6 Å². The van der Waals surface area contributed by atoms with Crippen LogP contribution in [0.15, 0.2) is 85.2 Å². The van der Waals surface area contributed by atoms with Crippen molar-refractivity contribution < 1.29 is 22.7 Å². The molecule has 1 N–H and O–H groups in total. The van der Waals surface area contributed by atoms with E-state index in [1.165, 1.54) is 24.4 Å². The molecule has 5 nitrogen and oxygen atoms in total. The Kier molecular flexibility index (Phi) is 7.31. The molecular formula is C28H20F3N3O2. The number of anilines is 1. The van der Waals surface area contributed by atoms with Gasteiger partial charge in [-0.05, 0) is 34.9 Å². The Morgan fingerprint density at radius 3 is 2.53 bits per heavy atom. The standard InChI is InChI=1S/C28H20F3N3O2/c29-28(30,31)27-22(7-4-8-25(27)21-5-2-1-3-6-21)16-34-24-10-9-23(17-35)26(12-24)36-18-20-11-19(13-32)14-33-15-20/h1-12,14-15,17,34H,16,18H2. The number of aldehydes is 1. The van der Waals surface area contributed by atoms with E-state index in [0.29, 0.717) is 28.7 Å². The third-order valence-corrected chi connectivity index (χ3v) is 5.46. The minimum atomic E-state index is -4.55. The second kappa shape index (κ2) is 10.7. The predicted octanol–water partition coefficient (Wildman–Crippen LogP) is 6.64. The van der Waals surface area contributed by atoms with Crippen LogP contribution in [0.4, 0.5) is 18.9 Å². The topological polar surface area (TPSA) is 75.0 Å². The summed E-state index contributed by atoms with van der Waals surface area (Å²) in [5, 5.41) is 12.0. The van der Waals surface area contributed by atoms with E-state index in [9.17, 15) is 18.0 Å². The number of rotatable bonds is 8. The first-order chi connectivity index (χ1) is 17.4. The van der Waals surface area contributed by atoms with Crippen molar-refractivity contribution in [3.63, 3.8) is 0 Å². The van der Waals surface area contributed by atoms with Crippen LogP contribution in [0.1, 0.15) is 32.6 Å². The fourth-order valence-corrected chi connectivity index (χ4v) is 3.79. The maximum Gasteiger partial charge on any atom is 0.417 e. The van der Waals surface area contributed by atoms with E-state index < -0.39 is 11.7 Å². The van der Waals surface area contributed by atoms with Gasteiger partial charge in [0.15, 0.2) is 6.29 Å². The third kappa shape index (κ3) is 5.70. The summed E-state index contributed by atoms with van der Waals surface area (Å²) in [4.78, 5) is 15.4. The number of carbonyl (C=O) groups is 1. The van der Waals surface area contributed by atoms with Gasteiger partial charge in [0, 0.05) is 36.3 Å². The number of nitrogens with zero attached hydrogens (tertiary/aromatic N) is 2. The molecule has 0 saturated heterocycles. The van der Waals surface area contributed by atoms with E-state index in [0.717, 1.165) is 0 Å². The number of aromatic nitrogens is 1. The monoisotopic (exact) mass is 487 g/mol. The van der Waals surface area contributed by atoms with Gasteiger partial charge in [0.1, 0.15) is 18.4 Å². The van der Waals surface area contributed by atoms with Gasteiger partial charge in [0.2, 0.25) is 0 Å². The summed E-state index contributed by atoms with van der Waals surface area (Å²) < 4.78 is 48.0. The quantitative estimate of drug-likeness (QED) is 0.282. The zero-order chi connectivity index (χ0) is 25.5. The molecule has 0 amide bonds. The van der Waals surface area contributed by atoms with E-state index in [4.69, 9.17) is 10.00 Å². The number of benzene rings is 3. The molecule has 0 unspecified atom stereocenters. The normalized spacial score (nSPS) is 10.9. The van der Waals surface area contributed by atoms with Crippen LogP contribution in [-0.4, -0.2) is 11.3 Å². The molecule has 1 heterocycles. The van der Waals surface area contributed by atoms with Gasteiger partial charge in [0.25, 0.3) is 0 Å². The smallest absolute Gasteiger partial charge is 0.417 e. The highest BCUT2D eigenvalue weighted by atomic mass is 19.4. The fourth-order valence-electron chi connectivity index (χ4n) is 3.79. The first-order valence-corrected chi connectivity index (χ1v) is 10.9. The molecule has 36 heavy (non-hydrogen) atoms.